The number of carbonyl (C=O) groups is 4. The third kappa shape index (κ3) is 6.33. The van der Waals surface area contributed by atoms with Crippen LogP contribution in [0.25, 0.3) is 0 Å². The molecule has 180 valence electrons. The van der Waals surface area contributed by atoms with Crippen molar-refractivity contribution in [3.05, 3.63) is 23.9 Å². The van der Waals surface area contributed by atoms with Crippen LogP contribution < -0.4 is 21.1 Å². The smallest absolute Gasteiger partial charge is 0.407 e. The van der Waals surface area contributed by atoms with Crippen molar-refractivity contribution in [3.63, 3.8) is 0 Å². The van der Waals surface area contributed by atoms with Crippen molar-refractivity contribution in [1.29, 1.82) is 0 Å². The molecule has 1 saturated carbocycles. The van der Waals surface area contributed by atoms with Gasteiger partial charge in [0.15, 0.2) is 0 Å². The SMILES string of the molecule is CC(C)(C)OC(=O)NCCC1NC(=O)N(C2CCC(Oc3ncccc3C(N)=O)CC2)C1=O. The first kappa shape index (κ1) is 24.3. The average molecular weight is 462 g/mol. The minimum Gasteiger partial charge on any atom is -0.474 e. The van der Waals surface area contributed by atoms with E-state index in [0.29, 0.717) is 25.7 Å². The summed E-state index contributed by atoms with van der Waals surface area (Å²) in [6.45, 7) is 5.49. The highest BCUT2D eigenvalue weighted by atomic mass is 16.6. The van der Waals surface area contributed by atoms with Gasteiger partial charge in [0.1, 0.15) is 23.3 Å². The average Bonchev–Trinajstić information content (AvgIpc) is 3.01. The number of rotatable bonds is 7. The van der Waals surface area contributed by atoms with Gasteiger partial charge < -0.3 is 25.8 Å². The molecule has 2 heterocycles. The minimum atomic E-state index is -0.687. The van der Waals surface area contributed by atoms with Crippen LogP contribution in [0.2, 0.25) is 0 Å². The van der Waals surface area contributed by atoms with Gasteiger partial charge in [-0.1, -0.05) is 0 Å². The van der Waals surface area contributed by atoms with Crippen molar-refractivity contribution in [1.82, 2.24) is 20.5 Å². The number of nitrogens with zero attached hydrogens (tertiary/aromatic N) is 2. The highest BCUT2D eigenvalue weighted by Gasteiger charge is 2.43. The van der Waals surface area contributed by atoms with Crippen LogP contribution in [0.15, 0.2) is 18.3 Å². The lowest BCUT2D eigenvalue weighted by Gasteiger charge is -2.33. The van der Waals surface area contributed by atoms with Crippen molar-refractivity contribution in [2.45, 2.75) is 76.7 Å². The van der Waals surface area contributed by atoms with E-state index < -0.39 is 29.7 Å². The number of aromatic nitrogens is 1. The van der Waals surface area contributed by atoms with E-state index >= 15 is 0 Å². The molecule has 0 bridgehead atoms. The normalized spacial score (nSPS) is 23.1. The van der Waals surface area contributed by atoms with Crippen LogP contribution in [0.1, 0.15) is 63.2 Å². The number of hydrogen-bond donors (Lipinski definition) is 3. The molecule has 1 unspecified atom stereocenters. The van der Waals surface area contributed by atoms with Crippen LogP contribution in [-0.4, -0.2) is 64.2 Å². The molecule has 5 amide bonds. The van der Waals surface area contributed by atoms with Gasteiger partial charge in [0, 0.05) is 18.8 Å². The van der Waals surface area contributed by atoms with E-state index in [1.165, 1.54) is 11.1 Å². The fraction of sp³-hybridized carbons (Fsp3) is 0.591. The molecule has 0 spiro atoms. The van der Waals surface area contributed by atoms with E-state index in [1.54, 1.807) is 32.9 Å². The summed E-state index contributed by atoms with van der Waals surface area (Å²) in [6, 6.07) is 1.82. The molecule has 1 aromatic heterocycles. The number of nitrogens with one attached hydrogen (secondary N) is 2. The number of hydrogen-bond acceptors (Lipinski definition) is 7. The molecule has 3 rings (SSSR count). The first-order valence-corrected chi connectivity index (χ1v) is 11.1. The number of urea groups is 1. The lowest BCUT2D eigenvalue weighted by molar-refractivity contribution is -0.129. The number of alkyl carbamates (subject to hydrolysis) is 1. The number of carbonyl (C=O) groups excluding carboxylic acids is 4. The van der Waals surface area contributed by atoms with Crippen LogP contribution in [0, 0.1) is 0 Å². The molecule has 1 atom stereocenters. The first-order chi connectivity index (χ1) is 15.5. The number of ether oxygens (including phenoxy) is 2. The predicted octanol–water partition coefficient (Wildman–Crippen LogP) is 1.71. The molecular formula is C22H31N5O6. The predicted molar refractivity (Wildman–Crippen MR) is 117 cm³/mol. The van der Waals surface area contributed by atoms with Gasteiger partial charge in [-0.05, 0) is 65.0 Å². The van der Waals surface area contributed by atoms with Crippen LogP contribution in [-0.2, 0) is 9.53 Å². The summed E-state index contributed by atoms with van der Waals surface area (Å²) in [5.74, 6) is -0.713. The molecule has 33 heavy (non-hydrogen) atoms. The Morgan fingerprint density at radius 1 is 1.24 bits per heavy atom. The Labute approximate surface area is 192 Å². The van der Waals surface area contributed by atoms with Gasteiger partial charge in [-0.25, -0.2) is 14.6 Å². The molecule has 1 aliphatic carbocycles. The van der Waals surface area contributed by atoms with E-state index in [1.807, 2.05) is 0 Å². The Kier molecular flexibility index (Phi) is 7.39. The molecule has 0 radical (unpaired) electrons. The second-order valence-corrected chi connectivity index (χ2v) is 9.20. The number of pyridine rings is 1. The van der Waals surface area contributed by atoms with Crippen LogP contribution >= 0.6 is 0 Å². The van der Waals surface area contributed by atoms with Gasteiger partial charge in [0.05, 0.1) is 0 Å². The van der Waals surface area contributed by atoms with Crippen molar-refractivity contribution < 1.29 is 28.7 Å². The Balaban J connectivity index is 1.48. The maximum Gasteiger partial charge on any atom is 0.407 e. The molecule has 11 heteroatoms. The highest BCUT2D eigenvalue weighted by Crippen LogP contribution is 2.29. The maximum atomic E-state index is 12.8. The Bertz CT molecular complexity index is 907. The zero-order valence-corrected chi connectivity index (χ0v) is 19.1. The molecule has 2 aliphatic rings. The first-order valence-electron chi connectivity index (χ1n) is 11.1. The molecular weight excluding hydrogens is 430 g/mol. The highest BCUT2D eigenvalue weighted by molar-refractivity contribution is 6.04. The monoisotopic (exact) mass is 461 g/mol. The Morgan fingerprint density at radius 2 is 1.94 bits per heavy atom. The van der Waals surface area contributed by atoms with E-state index in [9.17, 15) is 19.2 Å². The Morgan fingerprint density at radius 3 is 2.58 bits per heavy atom. The molecule has 1 aliphatic heterocycles. The van der Waals surface area contributed by atoms with Gasteiger partial charge in [-0.3, -0.25) is 14.5 Å². The lowest BCUT2D eigenvalue weighted by Crippen LogP contribution is -2.44. The van der Waals surface area contributed by atoms with Crippen molar-refractivity contribution in [2.75, 3.05) is 6.54 Å². The summed E-state index contributed by atoms with van der Waals surface area (Å²) in [5, 5.41) is 5.30. The zero-order valence-electron chi connectivity index (χ0n) is 19.1. The van der Waals surface area contributed by atoms with E-state index in [0.717, 1.165) is 0 Å². The van der Waals surface area contributed by atoms with Crippen molar-refractivity contribution in [3.8, 4) is 5.88 Å². The van der Waals surface area contributed by atoms with Crippen molar-refractivity contribution >= 4 is 23.9 Å². The topological polar surface area (TPSA) is 153 Å². The van der Waals surface area contributed by atoms with E-state index in [4.69, 9.17) is 15.2 Å². The quantitative estimate of drug-likeness (QED) is 0.522. The van der Waals surface area contributed by atoms with Gasteiger partial charge in [-0.15, -0.1) is 0 Å². The molecule has 0 aromatic carbocycles. The number of amides is 5. The Hall–Kier alpha value is -3.37. The lowest BCUT2D eigenvalue weighted by atomic mass is 9.91. The molecule has 1 aromatic rings. The summed E-state index contributed by atoms with van der Waals surface area (Å²) in [5.41, 5.74) is 4.98. The summed E-state index contributed by atoms with van der Waals surface area (Å²) in [6.07, 6.45) is 3.39. The van der Waals surface area contributed by atoms with E-state index in [2.05, 4.69) is 15.6 Å². The van der Waals surface area contributed by atoms with E-state index in [-0.39, 0.29) is 42.5 Å². The molecule has 1 saturated heterocycles. The number of primary amides is 1. The second kappa shape index (κ2) is 10.1. The summed E-state index contributed by atoms with van der Waals surface area (Å²) >= 11 is 0. The minimum absolute atomic E-state index is 0.191. The van der Waals surface area contributed by atoms with Gasteiger partial charge in [0.25, 0.3) is 11.8 Å². The maximum absolute atomic E-state index is 12.8. The molecule has 2 fully saturated rings. The largest absolute Gasteiger partial charge is 0.474 e. The standard InChI is InChI=1S/C22H31N5O6/c1-22(2,3)33-21(31)25-12-10-16-19(29)27(20(30)26-16)13-6-8-14(9-7-13)32-18-15(17(23)28)5-4-11-24-18/h4-5,11,13-14,16H,6-10,12H2,1-3H3,(H2,23,28)(H,25,31)(H,26,30). The van der Waals surface area contributed by atoms with Crippen LogP contribution in [0.3, 0.4) is 0 Å². The van der Waals surface area contributed by atoms with Crippen LogP contribution in [0.4, 0.5) is 9.59 Å². The van der Waals surface area contributed by atoms with Gasteiger partial charge in [-0.2, -0.15) is 0 Å². The van der Waals surface area contributed by atoms with Gasteiger partial charge >= 0.3 is 12.1 Å². The summed E-state index contributed by atoms with van der Waals surface area (Å²) < 4.78 is 11.0. The second-order valence-electron chi connectivity index (χ2n) is 9.20. The number of imide groups is 1. The fourth-order valence-electron chi connectivity index (χ4n) is 3.97. The van der Waals surface area contributed by atoms with Crippen LogP contribution in [0.5, 0.6) is 5.88 Å². The third-order valence-corrected chi connectivity index (χ3v) is 5.48. The molecule has 11 nitrogen and oxygen atoms in total. The third-order valence-electron chi connectivity index (χ3n) is 5.48. The summed E-state index contributed by atoms with van der Waals surface area (Å²) in [4.78, 5) is 54.0. The summed E-state index contributed by atoms with van der Waals surface area (Å²) in [7, 11) is 0. The zero-order chi connectivity index (χ0) is 24.2. The van der Waals surface area contributed by atoms with Gasteiger partial charge in [0.2, 0.25) is 5.88 Å². The molecule has 4 N–H and O–H groups in total. The fourth-order valence-corrected chi connectivity index (χ4v) is 3.97. The van der Waals surface area contributed by atoms with Crippen molar-refractivity contribution in [2.24, 2.45) is 5.73 Å². The number of nitrogens with two attached hydrogens (primary N) is 1.